The maximum atomic E-state index is 12.3. The highest BCUT2D eigenvalue weighted by Gasteiger charge is 2.51. The Morgan fingerprint density at radius 1 is 1.50 bits per heavy atom. The molecule has 1 aliphatic heterocycles. The van der Waals surface area contributed by atoms with Crippen LogP contribution < -0.4 is 5.32 Å². The first-order valence-electron chi connectivity index (χ1n) is 6.22. The van der Waals surface area contributed by atoms with Gasteiger partial charge in [0.05, 0.1) is 12.4 Å². The molecule has 7 nitrogen and oxygen atoms in total. The van der Waals surface area contributed by atoms with Gasteiger partial charge in [-0.3, -0.25) is 14.5 Å². The molecular weight excluding hydrogens is 264 g/mol. The summed E-state index contributed by atoms with van der Waals surface area (Å²) in [6.45, 7) is 4.49. The van der Waals surface area contributed by atoms with Crippen LogP contribution in [0.3, 0.4) is 0 Å². The third kappa shape index (κ3) is 2.38. The van der Waals surface area contributed by atoms with Crippen molar-refractivity contribution in [2.75, 3.05) is 6.54 Å². The fourth-order valence-corrected chi connectivity index (χ4v) is 2.00. The van der Waals surface area contributed by atoms with Gasteiger partial charge >= 0.3 is 12.0 Å². The van der Waals surface area contributed by atoms with Gasteiger partial charge in [-0.05, 0) is 32.9 Å². The van der Waals surface area contributed by atoms with E-state index in [2.05, 4.69) is 5.32 Å². The SMILES string of the molecule is CC(C)OC(=O)CN1C(=O)N[C@](C)(c2ccco2)C1=O. The van der Waals surface area contributed by atoms with Gasteiger partial charge in [-0.15, -0.1) is 0 Å². The van der Waals surface area contributed by atoms with E-state index in [-0.39, 0.29) is 6.10 Å². The van der Waals surface area contributed by atoms with Crippen LogP contribution in [0.25, 0.3) is 0 Å². The molecule has 20 heavy (non-hydrogen) atoms. The highest BCUT2D eigenvalue weighted by molar-refractivity contribution is 6.08. The number of carbonyl (C=O) groups excluding carboxylic acids is 3. The number of urea groups is 1. The minimum Gasteiger partial charge on any atom is -0.466 e. The minimum absolute atomic E-state index is 0.306. The average molecular weight is 280 g/mol. The molecule has 1 saturated heterocycles. The molecule has 0 radical (unpaired) electrons. The van der Waals surface area contributed by atoms with Gasteiger partial charge < -0.3 is 14.5 Å². The van der Waals surface area contributed by atoms with Crippen LogP contribution in [0.15, 0.2) is 22.8 Å². The van der Waals surface area contributed by atoms with Crippen molar-refractivity contribution in [2.45, 2.75) is 32.4 Å². The van der Waals surface area contributed by atoms with Crippen molar-refractivity contribution in [1.29, 1.82) is 0 Å². The van der Waals surface area contributed by atoms with Gasteiger partial charge in [-0.1, -0.05) is 0 Å². The van der Waals surface area contributed by atoms with E-state index in [0.29, 0.717) is 5.76 Å². The van der Waals surface area contributed by atoms with Crippen molar-refractivity contribution in [2.24, 2.45) is 0 Å². The van der Waals surface area contributed by atoms with E-state index < -0.39 is 30.0 Å². The molecule has 2 heterocycles. The summed E-state index contributed by atoms with van der Waals surface area (Å²) < 4.78 is 10.1. The summed E-state index contributed by atoms with van der Waals surface area (Å²) in [4.78, 5) is 36.6. The molecule has 1 N–H and O–H groups in total. The number of amides is 3. The Morgan fingerprint density at radius 3 is 2.75 bits per heavy atom. The van der Waals surface area contributed by atoms with E-state index in [4.69, 9.17) is 9.15 Å². The first-order valence-corrected chi connectivity index (χ1v) is 6.22. The topological polar surface area (TPSA) is 88.8 Å². The zero-order valence-electron chi connectivity index (χ0n) is 11.5. The monoisotopic (exact) mass is 280 g/mol. The van der Waals surface area contributed by atoms with Crippen LogP contribution in [0.5, 0.6) is 0 Å². The third-order valence-corrected chi connectivity index (χ3v) is 2.94. The van der Waals surface area contributed by atoms with E-state index in [0.717, 1.165) is 4.90 Å². The first-order chi connectivity index (χ1) is 9.34. The minimum atomic E-state index is -1.29. The molecule has 7 heteroatoms. The number of carbonyl (C=O) groups is 3. The number of nitrogens with one attached hydrogen (secondary N) is 1. The maximum absolute atomic E-state index is 12.3. The number of esters is 1. The fraction of sp³-hybridized carbons (Fsp3) is 0.462. The van der Waals surface area contributed by atoms with E-state index >= 15 is 0 Å². The highest BCUT2D eigenvalue weighted by Crippen LogP contribution is 2.28. The van der Waals surface area contributed by atoms with Crippen LogP contribution in [0.2, 0.25) is 0 Å². The number of hydrogen-bond acceptors (Lipinski definition) is 5. The van der Waals surface area contributed by atoms with E-state index in [1.807, 2.05) is 0 Å². The van der Waals surface area contributed by atoms with Gasteiger partial charge in [-0.25, -0.2) is 4.79 Å². The lowest BCUT2D eigenvalue weighted by Gasteiger charge is -2.18. The molecule has 0 bridgehead atoms. The predicted molar refractivity (Wildman–Crippen MR) is 67.5 cm³/mol. The molecule has 0 aliphatic carbocycles. The van der Waals surface area contributed by atoms with Crippen molar-refractivity contribution in [1.82, 2.24) is 10.2 Å². The van der Waals surface area contributed by atoms with Crippen molar-refractivity contribution in [3.8, 4) is 0 Å². The molecule has 1 aromatic rings. The molecule has 3 amide bonds. The number of ether oxygens (including phenoxy) is 1. The standard InChI is InChI=1S/C13H16N2O5/c1-8(2)20-10(16)7-15-11(17)13(3,14-12(15)18)9-5-4-6-19-9/h4-6,8H,7H2,1-3H3,(H,14,18)/t13-/m1/s1. The molecule has 0 unspecified atom stereocenters. The highest BCUT2D eigenvalue weighted by atomic mass is 16.5. The lowest BCUT2D eigenvalue weighted by atomic mass is 9.99. The fourth-order valence-electron chi connectivity index (χ4n) is 2.00. The Hall–Kier alpha value is -2.31. The van der Waals surface area contributed by atoms with Crippen molar-refractivity contribution in [3.05, 3.63) is 24.2 Å². The van der Waals surface area contributed by atoms with Gasteiger partial charge in [0, 0.05) is 0 Å². The lowest BCUT2D eigenvalue weighted by molar-refractivity contribution is -0.151. The number of hydrogen-bond donors (Lipinski definition) is 1. The Bertz CT molecular complexity index is 537. The number of imide groups is 1. The Balaban J connectivity index is 2.15. The summed E-state index contributed by atoms with van der Waals surface area (Å²) in [5.41, 5.74) is -1.29. The van der Waals surface area contributed by atoms with Gasteiger partial charge in [0.25, 0.3) is 5.91 Å². The molecule has 2 rings (SSSR count). The van der Waals surface area contributed by atoms with Gasteiger partial charge in [0.1, 0.15) is 12.3 Å². The smallest absolute Gasteiger partial charge is 0.326 e. The van der Waals surface area contributed by atoms with Crippen LogP contribution in [0, 0.1) is 0 Å². The number of furan rings is 1. The molecule has 0 aromatic carbocycles. The van der Waals surface area contributed by atoms with Crippen LogP contribution in [0.4, 0.5) is 4.79 Å². The first kappa shape index (κ1) is 14.1. The van der Waals surface area contributed by atoms with Crippen molar-refractivity contribution < 1.29 is 23.5 Å². The van der Waals surface area contributed by atoms with Crippen LogP contribution in [-0.2, 0) is 19.9 Å². The second-order valence-electron chi connectivity index (χ2n) is 4.96. The third-order valence-electron chi connectivity index (χ3n) is 2.94. The zero-order chi connectivity index (χ0) is 14.9. The van der Waals surface area contributed by atoms with Gasteiger partial charge in [0.2, 0.25) is 0 Å². The van der Waals surface area contributed by atoms with Gasteiger partial charge in [-0.2, -0.15) is 0 Å². The van der Waals surface area contributed by atoms with E-state index in [1.54, 1.807) is 26.0 Å². The Kier molecular flexibility index (Phi) is 3.52. The molecule has 1 atom stereocenters. The molecule has 1 aliphatic rings. The molecule has 108 valence electrons. The Labute approximate surface area is 115 Å². The normalized spacial score (nSPS) is 22.3. The summed E-state index contributed by atoms with van der Waals surface area (Å²) in [6, 6.07) is 2.57. The Morgan fingerprint density at radius 2 is 2.20 bits per heavy atom. The summed E-state index contributed by atoms with van der Waals surface area (Å²) in [5, 5.41) is 2.53. The molecule has 1 aromatic heterocycles. The van der Waals surface area contributed by atoms with Crippen LogP contribution >= 0.6 is 0 Å². The summed E-state index contributed by atoms with van der Waals surface area (Å²) >= 11 is 0. The second kappa shape index (κ2) is 4.99. The van der Waals surface area contributed by atoms with E-state index in [1.165, 1.54) is 13.2 Å². The number of rotatable bonds is 4. The van der Waals surface area contributed by atoms with Gasteiger partial charge in [0.15, 0.2) is 5.54 Å². The maximum Gasteiger partial charge on any atom is 0.326 e. The van der Waals surface area contributed by atoms with Crippen molar-refractivity contribution in [3.63, 3.8) is 0 Å². The predicted octanol–water partition coefficient (Wildman–Crippen LogP) is 0.998. The molecular formula is C13H16N2O5. The molecule has 1 fully saturated rings. The molecule has 0 spiro atoms. The summed E-state index contributed by atoms with van der Waals surface area (Å²) in [7, 11) is 0. The van der Waals surface area contributed by atoms with Crippen LogP contribution in [0.1, 0.15) is 26.5 Å². The zero-order valence-corrected chi connectivity index (χ0v) is 11.5. The quantitative estimate of drug-likeness (QED) is 0.656. The van der Waals surface area contributed by atoms with Crippen molar-refractivity contribution >= 4 is 17.9 Å². The van der Waals surface area contributed by atoms with E-state index in [9.17, 15) is 14.4 Å². The lowest BCUT2D eigenvalue weighted by Crippen LogP contribution is -2.41. The second-order valence-corrected chi connectivity index (χ2v) is 4.96. The average Bonchev–Trinajstić information content (AvgIpc) is 2.93. The summed E-state index contributed by atoms with van der Waals surface area (Å²) in [6.07, 6.45) is 1.11. The van der Waals surface area contributed by atoms with Crippen LogP contribution in [-0.4, -0.2) is 35.5 Å². The summed E-state index contributed by atoms with van der Waals surface area (Å²) in [5.74, 6) is -0.860. The number of nitrogens with zero attached hydrogens (tertiary/aromatic N) is 1. The largest absolute Gasteiger partial charge is 0.466 e. The molecule has 0 saturated carbocycles.